The second-order valence-corrected chi connectivity index (χ2v) is 12.2. The van der Waals surface area contributed by atoms with Crippen molar-refractivity contribution in [2.24, 2.45) is 5.92 Å². The molecule has 10 heteroatoms. The number of benzene rings is 1. The second kappa shape index (κ2) is 10.2. The first-order valence-electron chi connectivity index (χ1n) is 12.1. The van der Waals surface area contributed by atoms with E-state index in [1.54, 1.807) is 21.8 Å². The number of ether oxygens (including phenoxy) is 1. The van der Waals surface area contributed by atoms with E-state index in [0.717, 1.165) is 47.6 Å². The SMILES string of the molecule is CCC(COCCC1CCN(S(=O)(=O)c2cccs2)CC1)n1cnc2c(N)nc3ccccc3c21. The van der Waals surface area contributed by atoms with Crippen LogP contribution in [0.15, 0.2) is 52.3 Å². The minimum absolute atomic E-state index is 0.142. The van der Waals surface area contributed by atoms with E-state index in [-0.39, 0.29) is 6.04 Å². The quantitative estimate of drug-likeness (QED) is 0.326. The zero-order chi connectivity index (χ0) is 24.4. The molecular weight excluding hydrogens is 482 g/mol. The molecule has 35 heavy (non-hydrogen) atoms. The van der Waals surface area contributed by atoms with E-state index in [9.17, 15) is 8.42 Å². The van der Waals surface area contributed by atoms with Gasteiger partial charge in [0.15, 0.2) is 5.82 Å². The van der Waals surface area contributed by atoms with Crippen molar-refractivity contribution >= 4 is 49.1 Å². The number of nitrogen functional groups attached to an aromatic ring is 1. The number of sulfonamides is 1. The predicted molar refractivity (Wildman–Crippen MR) is 140 cm³/mol. The van der Waals surface area contributed by atoms with Crippen LogP contribution in [-0.4, -0.2) is 53.6 Å². The molecule has 0 radical (unpaired) electrons. The molecule has 2 N–H and O–H groups in total. The van der Waals surface area contributed by atoms with Gasteiger partial charge in [0.1, 0.15) is 9.73 Å². The van der Waals surface area contributed by atoms with Crippen molar-refractivity contribution in [3.8, 4) is 0 Å². The number of para-hydroxylation sites is 1. The molecule has 5 rings (SSSR count). The number of fused-ring (bicyclic) bond motifs is 3. The summed E-state index contributed by atoms with van der Waals surface area (Å²) >= 11 is 1.28. The minimum atomic E-state index is -3.35. The van der Waals surface area contributed by atoms with E-state index in [4.69, 9.17) is 10.5 Å². The number of pyridine rings is 1. The molecule has 0 amide bonds. The number of thiophene rings is 1. The van der Waals surface area contributed by atoms with Crippen molar-refractivity contribution in [1.29, 1.82) is 0 Å². The van der Waals surface area contributed by atoms with Crippen molar-refractivity contribution in [1.82, 2.24) is 18.8 Å². The molecule has 4 heterocycles. The van der Waals surface area contributed by atoms with Crippen molar-refractivity contribution in [3.05, 3.63) is 48.1 Å². The van der Waals surface area contributed by atoms with Crippen molar-refractivity contribution in [3.63, 3.8) is 0 Å². The monoisotopic (exact) mass is 513 g/mol. The van der Waals surface area contributed by atoms with E-state index >= 15 is 0 Å². The van der Waals surface area contributed by atoms with Crippen LogP contribution in [0.1, 0.15) is 38.6 Å². The van der Waals surface area contributed by atoms with Crippen LogP contribution < -0.4 is 5.73 Å². The molecule has 8 nitrogen and oxygen atoms in total. The van der Waals surface area contributed by atoms with Gasteiger partial charge in [-0.1, -0.05) is 31.2 Å². The molecule has 0 spiro atoms. The van der Waals surface area contributed by atoms with Gasteiger partial charge in [-0.2, -0.15) is 4.31 Å². The smallest absolute Gasteiger partial charge is 0.252 e. The van der Waals surface area contributed by atoms with Crippen LogP contribution in [0.3, 0.4) is 0 Å². The second-order valence-electron chi connectivity index (χ2n) is 9.07. The maximum atomic E-state index is 12.7. The number of piperidine rings is 1. The van der Waals surface area contributed by atoms with Crippen molar-refractivity contribution in [2.45, 2.75) is 42.9 Å². The highest BCUT2D eigenvalue weighted by molar-refractivity contribution is 7.91. The van der Waals surface area contributed by atoms with Gasteiger partial charge in [0.05, 0.1) is 30.0 Å². The number of hydrogen-bond donors (Lipinski definition) is 1. The van der Waals surface area contributed by atoms with Crippen molar-refractivity contribution < 1.29 is 13.2 Å². The molecule has 1 aromatic carbocycles. The Morgan fingerprint density at radius 2 is 2.00 bits per heavy atom. The molecule has 0 saturated carbocycles. The first-order chi connectivity index (χ1) is 17.0. The van der Waals surface area contributed by atoms with E-state index in [2.05, 4.69) is 27.5 Å². The third-order valence-electron chi connectivity index (χ3n) is 6.94. The van der Waals surface area contributed by atoms with Crippen LogP contribution in [-0.2, 0) is 14.8 Å². The van der Waals surface area contributed by atoms with Crippen LogP contribution in [0.4, 0.5) is 5.82 Å². The molecule has 0 bridgehead atoms. The Morgan fingerprint density at radius 1 is 1.20 bits per heavy atom. The number of aromatic nitrogens is 3. The largest absolute Gasteiger partial charge is 0.382 e. The van der Waals surface area contributed by atoms with Gasteiger partial charge in [-0.3, -0.25) is 0 Å². The standard InChI is InChI=1S/C25H31N5O3S2/c1-2-19(30-17-27-23-24(30)20-6-3-4-7-21(20)28-25(23)26)16-33-14-11-18-9-12-29(13-10-18)35(31,32)22-8-5-15-34-22/h3-8,15,17-19H,2,9-14,16H2,1H3,(H2,26,28). The number of imidazole rings is 1. The Labute approximate surface area is 209 Å². The van der Waals surface area contributed by atoms with Gasteiger partial charge >= 0.3 is 0 Å². The molecule has 3 aromatic heterocycles. The molecule has 186 valence electrons. The van der Waals surface area contributed by atoms with Gasteiger partial charge < -0.3 is 15.0 Å². The fourth-order valence-corrected chi connectivity index (χ4v) is 7.50. The topological polar surface area (TPSA) is 103 Å². The lowest BCUT2D eigenvalue weighted by Gasteiger charge is -2.30. The Morgan fingerprint density at radius 3 is 2.74 bits per heavy atom. The molecule has 1 atom stereocenters. The van der Waals surface area contributed by atoms with E-state index in [1.165, 1.54) is 11.3 Å². The third-order valence-corrected chi connectivity index (χ3v) is 10.2. The molecule has 4 aromatic rings. The van der Waals surface area contributed by atoms with E-state index < -0.39 is 10.0 Å². The lowest BCUT2D eigenvalue weighted by Crippen LogP contribution is -2.38. The fourth-order valence-electron chi connectivity index (χ4n) is 4.89. The van der Waals surface area contributed by atoms with Gasteiger partial charge in [0, 0.05) is 25.1 Å². The number of rotatable bonds is 9. The lowest BCUT2D eigenvalue weighted by molar-refractivity contribution is 0.0847. The number of nitrogens with zero attached hydrogens (tertiary/aromatic N) is 4. The van der Waals surface area contributed by atoms with Gasteiger partial charge in [0.25, 0.3) is 10.0 Å². The van der Waals surface area contributed by atoms with Gasteiger partial charge in [0.2, 0.25) is 0 Å². The van der Waals surface area contributed by atoms with Crippen LogP contribution in [0, 0.1) is 5.92 Å². The van der Waals surface area contributed by atoms with Crippen LogP contribution >= 0.6 is 11.3 Å². The molecule has 0 aliphatic carbocycles. The predicted octanol–water partition coefficient (Wildman–Crippen LogP) is 4.69. The summed E-state index contributed by atoms with van der Waals surface area (Å²) < 4.78 is 35.8. The molecule has 1 aliphatic rings. The lowest BCUT2D eigenvalue weighted by atomic mass is 9.95. The minimum Gasteiger partial charge on any atom is -0.382 e. The summed E-state index contributed by atoms with van der Waals surface area (Å²) in [4.78, 5) is 9.05. The Kier molecular flexibility index (Phi) is 7.06. The van der Waals surface area contributed by atoms with E-state index in [1.807, 2.05) is 24.5 Å². The first kappa shape index (κ1) is 24.2. The maximum absolute atomic E-state index is 12.7. The number of nitrogens with two attached hydrogens (primary N) is 1. The summed E-state index contributed by atoms with van der Waals surface area (Å²) in [7, 11) is -3.35. The average molecular weight is 514 g/mol. The molecule has 1 fully saturated rings. The van der Waals surface area contributed by atoms with Gasteiger partial charge in [-0.15, -0.1) is 11.3 Å². The highest BCUT2D eigenvalue weighted by Crippen LogP contribution is 2.31. The zero-order valence-corrected chi connectivity index (χ0v) is 21.5. The number of anilines is 1. The van der Waals surface area contributed by atoms with E-state index in [0.29, 0.717) is 42.2 Å². The van der Waals surface area contributed by atoms with Crippen LogP contribution in [0.2, 0.25) is 0 Å². The number of hydrogen-bond acceptors (Lipinski definition) is 7. The summed E-state index contributed by atoms with van der Waals surface area (Å²) in [6, 6.07) is 11.6. The molecule has 1 unspecified atom stereocenters. The highest BCUT2D eigenvalue weighted by Gasteiger charge is 2.30. The summed E-state index contributed by atoms with van der Waals surface area (Å²) in [6.07, 6.45) is 5.43. The van der Waals surface area contributed by atoms with Crippen LogP contribution in [0.25, 0.3) is 21.9 Å². The highest BCUT2D eigenvalue weighted by atomic mass is 32.2. The Bertz CT molecular complexity index is 1390. The molecule has 1 saturated heterocycles. The normalized spacial score (nSPS) is 16.8. The van der Waals surface area contributed by atoms with Crippen molar-refractivity contribution in [2.75, 3.05) is 32.0 Å². The third kappa shape index (κ3) is 4.80. The summed E-state index contributed by atoms with van der Waals surface area (Å²) in [5, 5.41) is 2.85. The fraction of sp³-hybridized carbons (Fsp3) is 0.440. The Balaban J connectivity index is 1.17. The first-order valence-corrected chi connectivity index (χ1v) is 14.4. The maximum Gasteiger partial charge on any atom is 0.252 e. The van der Waals surface area contributed by atoms with Gasteiger partial charge in [-0.05, 0) is 49.1 Å². The summed E-state index contributed by atoms with van der Waals surface area (Å²) in [5.74, 6) is 0.925. The summed E-state index contributed by atoms with van der Waals surface area (Å²) in [5.41, 5.74) is 8.78. The zero-order valence-electron chi connectivity index (χ0n) is 19.8. The van der Waals surface area contributed by atoms with Gasteiger partial charge in [-0.25, -0.2) is 18.4 Å². The molecular formula is C25H31N5O3S2. The van der Waals surface area contributed by atoms with Crippen LogP contribution in [0.5, 0.6) is 0 Å². The average Bonchev–Trinajstić information content (AvgIpc) is 3.56. The Hall–Kier alpha value is -2.53. The summed E-state index contributed by atoms with van der Waals surface area (Å²) in [6.45, 7) is 4.55. The molecule has 1 aliphatic heterocycles.